The van der Waals surface area contributed by atoms with Crippen LogP contribution in [0.25, 0.3) is 10.9 Å². The minimum absolute atomic E-state index is 0.00208. The lowest BCUT2D eigenvalue weighted by Gasteiger charge is -2.29. The van der Waals surface area contributed by atoms with E-state index in [0.29, 0.717) is 54.5 Å². The molecule has 0 unspecified atom stereocenters. The number of hydrogen-bond donors (Lipinski definition) is 12. The highest BCUT2D eigenvalue weighted by atomic mass is 16.3. The summed E-state index contributed by atoms with van der Waals surface area (Å²) in [5.74, 6) is -5.72. The second-order valence-electron chi connectivity index (χ2n) is 19.7. The third-order valence-corrected chi connectivity index (χ3v) is 13.6. The lowest BCUT2D eigenvalue weighted by atomic mass is 10.00. The topological polar surface area (TPSA) is 321 Å². The average Bonchev–Trinajstić information content (AvgIpc) is 3.87. The molecule has 1 saturated heterocycles. The van der Waals surface area contributed by atoms with Crippen LogP contribution < -0.4 is 54.0 Å². The van der Waals surface area contributed by atoms with Crippen LogP contribution in [0.5, 0.6) is 0 Å². The Morgan fingerprint density at radius 2 is 0.885 bits per heavy atom. The number of carbonyl (C=O) groups is 8. The van der Waals surface area contributed by atoms with E-state index in [4.69, 9.17) is 11.5 Å². The molecule has 416 valence electrons. The highest BCUT2D eigenvalue weighted by molar-refractivity contribution is 5.98. The molecule has 0 radical (unpaired) electrons. The van der Waals surface area contributed by atoms with Crippen LogP contribution in [0.2, 0.25) is 0 Å². The van der Waals surface area contributed by atoms with Crippen molar-refractivity contribution in [3.63, 3.8) is 0 Å². The van der Waals surface area contributed by atoms with Gasteiger partial charge in [-0.15, -0.1) is 0 Å². The Morgan fingerprint density at radius 3 is 1.38 bits per heavy atom. The third-order valence-electron chi connectivity index (χ3n) is 13.6. The van der Waals surface area contributed by atoms with Crippen LogP contribution in [-0.4, -0.2) is 125 Å². The monoisotopic (exact) mass is 1070 g/mol. The minimum atomic E-state index is -1.61. The zero-order valence-corrected chi connectivity index (χ0v) is 44.1. The smallest absolute Gasteiger partial charge is 0.245 e. The highest BCUT2D eigenvalue weighted by Crippen LogP contribution is 2.20. The Hall–Kier alpha value is -7.94. The fourth-order valence-electron chi connectivity index (χ4n) is 9.29. The number of aromatic amines is 1. The molecule has 0 spiro atoms. The summed E-state index contributed by atoms with van der Waals surface area (Å²) in [6.07, 6.45) is 2.24. The van der Waals surface area contributed by atoms with Crippen molar-refractivity contribution < 1.29 is 43.5 Å². The zero-order valence-electron chi connectivity index (χ0n) is 44.1. The lowest BCUT2D eigenvalue weighted by molar-refractivity contribution is -0.136. The first-order valence-electron chi connectivity index (χ1n) is 26.9. The molecule has 8 amide bonds. The molecular weight excluding hydrogens is 995 g/mol. The average molecular weight is 1070 g/mol. The molecule has 1 aliphatic heterocycles. The number of para-hydroxylation sites is 1. The number of unbranched alkanes of at least 4 members (excludes halogenated alkanes) is 2. The molecule has 1 fully saturated rings. The number of H-pyrrole nitrogens is 1. The fraction of sp³-hybridized carbons (Fsp3) is 0.414. The molecule has 20 nitrogen and oxygen atoms in total. The number of aliphatic hydroxyl groups is 1. The predicted octanol–water partition coefficient (Wildman–Crippen LogP) is 1.38. The van der Waals surface area contributed by atoms with Crippen molar-refractivity contribution in [2.75, 3.05) is 19.6 Å². The number of rotatable bonds is 17. The summed E-state index contributed by atoms with van der Waals surface area (Å²) in [6, 6.07) is 25.0. The second kappa shape index (κ2) is 30.7. The molecule has 6 rings (SSSR count). The number of amides is 8. The number of hydrogen-bond acceptors (Lipinski definition) is 11. The van der Waals surface area contributed by atoms with E-state index in [2.05, 4.69) is 47.5 Å². The van der Waals surface area contributed by atoms with Gasteiger partial charge in [0.25, 0.3) is 0 Å². The Bertz CT molecular complexity index is 2760. The lowest BCUT2D eigenvalue weighted by Crippen LogP contribution is -2.62. The van der Waals surface area contributed by atoms with E-state index in [1.165, 1.54) is 6.92 Å². The summed E-state index contributed by atoms with van der Waals surface area (Å²) in [7, 11) is 0. The molecule has 4 aromatic carbocycles. The van der Waals surface area contributed by atoms with Crippen LogP contribution in [0.3, 0.4) is 0 Å². The molecule has 0 aliphatic carbocycles. The maximum atomic E-state index is 15.0. The van der Waals surface area contributed by atoms with Gasteiger partial charge in [0.15, 0.2) is 0 Å². The van der Waals surface area contributed by atoms with Gasteiger partial charge in [-0.25, -0.2) is 0 Å². The van der Waals surface area contributed by atoms with E-state index in [9.17, 15) is 43.5 Å². The molecule has 78 heavy (non-hydrogen) atoms. The normalized spacial score (nSPS) is 22.4. The number of benzene rings is 4. The molecule has 8 atom stereocenters. The second-order valence-corrected chi connectivity index (χ2v) is 19.7. The fourth-order valence-corrected chi connectivity index (χ4v) is 9.29. The molecule has 1 aliphatic rings. The van der Waals surface area contributed by atoms with Gasteiger partial charge >= 0.3 is 0 Å². The number of carbonyl (C=O) groups excluding carboxylic acids is 8. The molecule has 0 saturated carbocycles. The van der Waals surface area contributed by atoms with Gasteiger partial charge in [-0.2, -0.15) is 0 Å². The van der Waals surface area contributed by atoms with Crippen LogP contribution in [0, 0.1) is 0 Å². The van der Waals surface area contributed by atoms with Gasteiger partial charge in [0.2, 0.25) is 47.3 Å². The van der Waals surface area contributed by atoms with E-state index >= 15 is 0 Å². The van der Waals surface area contributed by atoms with Crippen molar-refractivity contribution in [3.05, 3.63) is 144 Å². The molecule has 0 bridgehead atoms. The maximum Gasteiger partial charge on any atom is 0.245 e. The minimum Gasteiger partial charge on any atom is -0.391 e. The first-order chi connectivity index (χ1) is 37.7. The molecule has 14 N–H and O–H groups in total. The predicted molar refractivity (Wildman–Crippen MR) is 296 cm³/mol. The van der Waals surface area contributed by atoms with E-state index in [1.807, 2.05) is 30.3 Å². The van der Waals surface area contributed by atoms with Crippen molar-refractivity contribution in [1.29, 1.82) is 0 Å². The van der Waals surface area contributed by atoms with Crippen LogP contribution in [0.4, 0.5) is 0 Å². The molecule has 20 heteroatoms. The standard InChI is InChI=1S/C58H75N11O9/c1-37(70)51-58(78)68-46(32-38-18-5-2-6-19-38)52(72)61-31-17-28-50(71)63-44(26-13-15-29-59)53(73)65-47(33-39-20-7-3-8-21-39)55(75)66-48(34-40-22-9-4-10-23-40)56(76)67-49(35-41-36-62-43-25-12-11-24-42(41)43)57(77)64-45(54(74)69-51)27-14-16-30-60/h2-12,18-25,36-37,44-49,51,62,70H,13-17,26-35,59-60H2,1H3,(H,61,72)(H,63,71)(H,64,77)(H,65,73)(H,66,75)(H,67,76)(H,68,78)(H,69,74)/t37-,44+,45+,46+,47+,48+,49-,51+/m1/s1. The van der Waals surface area contributed by atoms with Crippen molar-refractivity contribution in [1.82, 2.24) is 47.5 Å². The van der Waals surface area contributed by atoms with E-state index in [-0.39, 0.29) is 64.5 Å². The summed E-state index contributed by atoms with van der Waals surface area (Å²) in [6.45, 7) is 1.91. The largest absolute Gasteiger partial charge is 0.391 e. The van der Waals surface area contributed by atoms with Crippen molar-refractivity contribution in [2.24, 2.45) is 11.5 Å². The summed E-state index contributed by atoms with van der Waals surface area (Å²) < 4.78 is 0. The van der Waals surface area contributed by atoms with Gasteiger partial charge < -0.3 is 64.1 Å². The van der Waals surface area contributed by atoms with Gasteiger partial charge in [0.05, 0.1) is 6.10 Å². The van der Waals surface area contributed by atoms with Gasteiger partial charge in [0, 0.05) is 55.7 Å². The van der Waals surface area contributed by atoms with Crippen LogP contribution in [0.15, 0.2) is 121 Å². The summed E-state index contributed by atoms with van der Waals surface area (Å²) in [5, 5.41) is 34.1. The third kappa shape index (κ3) is 18.4. The van der Waals surface area contributed by atoms with Crippen molar-refractivity contribution in [3.8, 4) is 0 Å². The molecule has 5 aromatic rings. The van der Waals surface area contributed by atoms with Crippen molar-refractivity contribution >= 4 is 58.2 Å². The Labute approximate surface area is 454 Å². The molecule has 2 heterocycles. The van der Waals surface area contributed by atoms with Gasteiger partial charge in [-0.1, -0.05) is 109 Å². The van der Waals surface area contributed by atoms with Crippen molar-refractivity contribution in [2.45, 2.75) is 132 Å². The van der Waals surface area contributed by atoms with E-state index in [1.54, 1.807) is 91.1 Å². The number of aromatic nitrogens is 1. The molecule has 1 aromatic heterocycles. The maximum absolute atomic E-state index is 15.0. The summed E-state index contributed by atoms with van der Waals surface area (Å²) >= 11 is 0. The van der Waals surface area contributed by atoms with E-state index < -0.39 is 95.7 Å². The highest BCUT2D eigenvalue weighted by Gasteiger charge is 2.36. The van der Waals surface area contributed by atoms with Crippen LogP contribution >= 0.6 is 0 Å². The van der Waals surface area contributed by atoms with Gasteiger partial charge in [-0.05, 0) is 93.3 Å². The molecular formula is C58H75N11O9. The van der Waals surface area contributed by atoms with Crippen LogP contribution in [-0.2, 0) is 64.0 Å². The van der Waals surface area contributed by atoms with Crippen LogP contribution in [0.1, 0.15) is 80.5 Å². The number of aliphatic hydroxyl groups excluding tert-OH is 1. The summed E-state index contributed by atoms with van der Waals surface area (Å²) in [5.41, 5.74) is 15.1. The van der Waals surface area contributed by atoms with E-state index in [0.717, 1.165) is 10.9 Å². The number of nitrogens with two attached hydrogens (primary N) is 2. The SMILES string of the molecule is C[C@@H](O)[C@@H]1NC(=O)[C@H](CCCCN)NC(=O)[C@@H](Cc2c[nH]c3ccccc23)NC(=O)[C@H](Cc2ccccc2)NC(=O)[C@H](Cc2ccccc2)NC(=O)[C@H](CCCCN)NC(=O)CCCNC(=O)[C@H](Cc2ccccc2)NC1=O. The number of fused-ring (bicyclic) bond motifs is 1. The van der Waals surface area contributed by atoms with Gasteiger partial charge in [-0.3, -0.25) is 38.4 Å². The Kier molecular flexibility index (Phi) is 23.4. The summed E-state index contributed by atoms with van der Waals surface area (Å²) in [4.78, 5) is 118. The quantitative estimate of drug-likeness (QED) is 0.0591. The van der Waals surface area contributed by atoms with Gasteiger partial charge in [0.1, 0.15) is 42.3 Å². The Morgan fingerprint density at radius 1 is 0.474 bits per heavy atom. The number of nitrogens with one attached hydrogen (secondary N) is 9. The Balaban J connectivity index is 1.40. The first kappa shape index (κ1) is 59.3. The zero-order chi connectivity index (χ0) is 55.8. The first-order valence-corrected chi connectivity index (χ1v) is 26.9.